The highest BCUT2D eigenvalue weighted by molar-refractivity contribution is 9.10. The van der Waals surface area contributed by atoms with Crippen LogP contribution in [0.3, 0.4) is 0 Å². The van der Waals surface area contributed by atoms with Crippen molar-refractivity contribution in [3.05, 3.63) is 87.5 Å². The Labute approximate surface area is 215 Å². The number of hydrogen-bond acceptors (Lipinski definition) is 7. The topological polar surface area (TPSA) is 118 Å². The van der Waals surface area contributed by atoms with Crippen LogP contribution < -0.4 is 25.0 Å². The Balaban J connectivity index is 1.56. The lowest BCUT2D eigenvalue weighted by molar-refractivity contribution is -0.117. The number of rotatable bonds is 8. The fourth-order valence-electron chi connectivity index (χ4n) is 3.27. The number of aromatic hydroxyl groups is 1. The van der Waals surface area contributed by atoms with Gasteiger partial charge in [-0.15, -0.1) is 0 Å². The summed E-state index contributed by atoms with van der Waals surface area (Å²) in [5.41, 5.74) is 3.97. The third-order valence-electron chi connectivity index (χ3n) is 4.97. The highest BCUT2D eigenvalue weighted by atomic mass is 79.9. The molecule has 0 saturated carbocycles. The summed E-state index contributed by atoms with van der Waals surface area (Å²) in [6.45, 7) is 2.28. The first kappa shape index (κ1) is 24.8. The molecule has 36 heavy (non-hydrogen) atoms. The fraction of sp³-hybridized carbons (Fsp3) is 0.115. The Morgan fingerprint density at radius 2 is 1.86 bits per heavy atom. The lowest BCUT2D eigenvalue weighted by Crippen LogP contribution is -2.32. The molecule has 4 rings (SSSR count). The SMILES string of the molecule is CCOc1cc(/C=N\NC(=O)/C(=C/c2ccc3c(c2)OCO3)NC(=O)c2ccccc2)cc(Br)c1O. The highest BCUT2D eigenvalue weighted by Crippen LogP contribution is 2.35. The van der Waals surface area contributed by atoms with E-state index in [2.05, 4.69) is 31.8 Å². The van der Waals surface area contributed by atoms with E-state index in [0.29, 0.717) is 39.3 Å². The van der Waals surface area contributed by atoms with Gasteiger partial charge < -0.3 is 24.6 Å². The van der Waals surface area contributed by atoms with E-state index in [1.807, 2.05) is 0 Å². The van der Waals surface area contributed by atoms with Gasteiger partial charge in [0.2, 0.25) is 6.79 Å². The first-order chi connectivity index (χ1) is 17.4. The standard InChI is InChI=1S/C26H22BrN3O6/c1-2-34-23-13-17(10-19(27)24(23)31)14-28-30-26(33)20(29-25(32)18-6-4-3-5-7-18)11-16-8-9-21-22(12-16)36-15-35-21/h3-14,31H,2,15H2,1H3,(H,29,32)(H,30,33)/b20-11-,28-14-. The largest absolute Gasteiger partial charge is 0.503 e. The van der Waals surface area contributed by atoms with E-state index < -0.39 is 11.8 Å². The van der Waals surface area contributed by atoms with Gasteiger partial charge in [-0.05, 0) is 76.5 Å². The summed E-state index contributed by atoms with van der Waals surface area (Å²) in [4.78, 5) is 25.7. The molecule has 0 bridgehead atoms. The second kappa shape index (κ2) is 11.4. The number of nitrogens with one attached hydrogen (secondary N) is 2. The maximum absolute atomic E-state index is 13.0. The van der Waals surface area contributed by atoms with Crippen molar-refractivity contribution >= 4 is 40.0 Å². The van der Waals surface area contributed by atoms with E-state index in [1.54, 1.807) is 67.6 Å². The number of carbonyl (C=O) groups is 2. The number of phenolic OH excluding ortho intramolecular Hbond substituents is 1. The third-order valence-corrected chi connectivity index (χ3v) is 5.57. The predicted octanol–water partition coefficient (Wildman–Crippen LogP) is 4.20. The number of carbonyl (C=O) groups excluding carboxylic acids is 2. The smallest absolute Gasteiger partial charge is 0.287 e. The molecule has 1 aliphatic rings. The van der Waals surface area contributed by atoms with Gasteiger partial charge in [0.25, 0.3) is 11.8 Å². The number of phenols is 1. The van der Waals surface area contributed by atoms with Gasteiger partial charge in [-0.1, -0.05) is 24.3 Å². The van der Waals surface area contributed by atoms with Crippen LogP contribution in [-0.2, 0) is 4.79 Å². The first-order valence-electron chi connectivity index (χ1n) is 10.9. The maximum Gasteiger partial charge on any atom is 0.287 e. The molecule has 3 aromatic carbocycles. The van der Waals surface area contributed by atoms with E-state index in [1.165, 1.54) is 12.3 Å². The molecule has 10 heteroatoms. The molecule has 3 aromatic rings. The van der Waals surface area contributed by atoms with Gasteiger partial charge in [0, 0.05) is 5.56 Å². The molecule has 1 heterocycles. The van der Waals surface area contributed by atoms with Crippen molar-refractivity contribution in [2.75, 3.05) is 13.4 Å². The van der Waals surface area contributed by atoms with E-state index in [4.69, 9.17) is 14.2 Å². The number of hydrogen-bond donors (Lipinski definition) is 3. The van der Waals surface area contributed by atoms with Gasteiger partial charge >= 0.3 is 0 Å². The minimum absolute atomic E-state index is 0.0261. The Hall–Kier alpha value is -4.31. The molecule has 0 aromatic heterocycles. The summed E-state index contributed by atoms with van der Waals surface area (Å²) in [6.07, 6.45) is 2.90. The number of halogens is 1. The predicted molar refractivity (Wildman–Crippen MR) is 137 cm³/mol. The van der Waals surface area contributed by atoms with Crippen LogP contribution in [0.15, 0.2) is 75.9 Å². The van der Waals surface area contributed by atoms with Crippen molar-refractivity contribution in [3.63, 3.8) is 0 Å². The van der Waals surface area contributed by atoms with Crippen LogP contribution in [0.2, 0.25) is 0 Å². The van der Waals surface area contributed by atoms with Crippen LogP contribution in [0, 0.1) is 0 Å². The lowest BCUT2D eigenvalue weighted by Gasteiger charge is -2.10. The van der Waals surface area contributed by atoms with Gasteiger partial charge in [-0.2, -0.15) is 5.10 Å². The summed E-state index contributed by atoms with van der Waals surface area (Å²) in [6, 6.07) is 16.9. The zero-order chi connectivity index (χ0) is 25.5. The summed E-state index contributed by atoms with van der Waals surface area (Å²) >= 11 is 3.26. The van der Waals surface area contributed by atoms with Crippen molar-refractivity contribution in [3.8, 4) is 23.0 Å². The average Bonchev–Trinajstić information content (AvgIpc) is 3.35. The fourth-order valence-corrected chi connectivity index (χ4v) is 3.73. The summed E-state index contributed by atoms with van der Waals surface area (Å²) < 4.78 is 16.5. The zero-order valence-electron chi connectivity index (χ0n) is 19.2. The third kappa shape index (κ3) is 6.02. The van der Waals surface area contributed by atoms with E-state index in [0.717, 1.165) is 0 Å². The van der Waals surface area contributed by atoms with E-state index in [-0.39, 0.29) is 24.0 Å². The number of hydrazone groups is 1. The van der Waals surface area contributed by atoms with Gasteiger partial charge in [-0.25, -0.2) is 5.43 Å². The molecule has 9 nitrogen and oxygen atoms in total. The van der Waals surface area contributed by atoms with Crippen LogP contribution in [0.4, 0.5) is 0 Å². The van der Waals surface area contributed by atoms with Crippen LogP contribution in [0.25, 0.3) is 6.08 Å². The molecule has 3 N–H and O–H groups in total. The van der Waals surface area contributed by atoms with Crippen molar-refractivity contribution < 1.29 is 28.9 Å². The highest BCUT2D eigenvalue weighted by Gasteiger charge is 2.17. The molecule has 1 aliphatic heterocycles. The van der Waals surface area contributed by atoms with Gasteiger partial charge in [0.05, 0.1) is 17.3 Å². The minimum Gasteiger partial charge on any atom is -0.503 e. The van der Waals surface area contributed by atoms with Crippen molar-refractivity contribution in [1.29, 1.82) is 0 Å². The Bertz CT molecular complexity index is 1340. The number of ether oxygens (including phenoxy) is 3. The minimum atomic E-state index is -0.643. The second-order valence-electron chi connectivity index (χ2n) is 7.47. The molecular weight excluding hydrogens is 530 g/mol. The van der Waals surface area contributed by atoms with Crippen LogP contribution in [0.5, 0.6) is 23.0 Å². The van der Waals surface area contributed by atoms with Crippen molar-refractivity contribution in [2.24, 2.45) is 5.10 Å². The summed E-state index contributed by atoms with van der Waals surface area (Å²) in [5, 5.41) is 16.7. The maximum atomic E-state index is 13.0. The van der Waals surface area contributed by atoms with Crippen molar-refractivity contribution in [1.82, 2.24) is 10.7 Å². The number of fused-ring (bicyclic) bond motifs is 1. The lowest BCUT2D eigenvalue weighted by atomic mass is 10.1. The zero-order valence-corrected chi connectivity index (χ0v) is 20.7. The van der Waals surface area contributed by atoms with Crippen LogP contribution >= 0.6 is 15.9 Å². The first-order valence-corrected chi connectivity index (χ1v) is 11.7. The monoisotopic (exact) mass is 551 g/mol. The number of nitrogens with zero attached hydrogens (tertiary/aromatic N) is 1. The summed E-state index contributed by atoms with van der Waals surface area (Å²) in [5.74, 6) is 0.289. The molecule has 0 aliphatic carbocycles. The summed E-state index contributed by atoms with van der Waals surface area (Å²) in [7, 11) is 0. The Morgan fingerprint density at radius 3 is 2.64 bits per heavy atom. The van der Waals surface area contributed by atoms with E-state index >= 15 is 0 Å². The molecule has 0 spiro atoms. The van der Waals surface area contributed by atoms with E-state index in [9.17, 15) is 14.7 Å². The van der Waals surface area contributed by atoms with Gasteiger partial charge in [0.1, 0.15) is 5.70 Å². The van der Waals surface area contributed by atoms with Gasteiger partial charge in [0.15, 0.2) is 23.0 Å². The van der Waals surface area contributed by atoms with Crippen molar-refractivity contribution in [2.45, 2.75) is 6.92 Å². The number of benzene rings is 3. The number of amides is 2. The van der Waals surface area contributed by atoms with Gasteiger partial charge in [-0.3, -0.25) is 9.59 Å². The molecule has 0 unspecified atom stereocenters. The molecule has 0 atom stereocenters. The molecular formula is C26H22BrN3O6. The molecule has 2 amide bonds. The molecule has 0 saturated heterocycles. The molecule has 0 fully saturated rings. The van der Waals surface area contributed by atoms with Crippen LogP contribution in [0.1, 0.15) is 28.4 Å². The quantitative estimate of drug-likeness (QED) is 0.219. The van der Waals surface area contributed by atoms with Crippen LogP contribution in [-0.4, -0.2) is 36.5 Å². The average molecular weight is 552 g/mol. The molecule has 0 radical (unpaired) electrons. The Kier molecular flexibility index (Phi) is 7.86. The normalized spacial score (nSPS) is 12.4. The molecule has 184 valence electrons. The second-order valence-corrected chi connectivity index (χ2v) is 8.33. The Morgan fingerprint density at radius 1 is 1.08 bits per heavy atom.